The zero-order valence-corrected chi connectivity index (χ0v) is 15.4. The van der Waals surface area contributed by atoms with Gasteiger partial charge in [-0.05, 0) is 37.6 Å². The van der Waals surface area contributed by atoms with Crippen molar-refractivity contribution in [1.82, 2.24) is 4.98 Å². The molecule has 0 aliphatic heterocycles. The van der Waals surface area contributed by atoms with E-state index >= 15 is 0 Å². The molecule has 1 heterocycles. The van der Waals surface area contributed by atoms with E-state index in [1.54, 1.807) is 42.5 Å². The van der Waals surface area contributed by atoms with Crippen LogP contribution in [0.15, 0.2) is 58.6 Å². The van der Waals surface area contributed by atoms with Crippen molar-refractivity contribution in [2.45, 2.75) is 25.2 Å². The van der Waals surface area contributed by atoms with E-state index in [1.165, 1.54) is 18.3 Å². The first-order valence-corrected chi connectivity index (χ1v) is 9.62. The molecule has 7 heteroatoms. The van der Waals surface area contributed by atoms with Gasteiger partial charge < -0.3 is 9.47 Å². The molecule has 0 spiro atoms. The third-order valence-corrected chi connectivity index (χ3v) is 5.04. The number of hydrogen-bond acceptors (Lipinski definition) is 6. The van der Waals surface area contributed by atoms with Gasteiger partial charge in [0.15, 0.2) is 16.2 Å². The highest BCUT2D eigenvalue weighted by Gasteiger charge is 2.22. The van der Waals surface area contributed by atoms with E-state index < -0.39 is 16.1 Å². The minimum atomic E-state index is -3.95. The summed E-state index contributed by atoms with van der Waals surface area (Å²) in [5, 5.41) is 9.15. The third-order valence-electron chi connectivity index (χ3n) is 3.46. The summed E-state index contributed by atoms with van der Waals surface area (Å²) < 4.78 is 36.1. The van der Waals surface area contributed by atoms with E-state index in [1.807, 2.05) is 13.8 Å². The van der Waals surface area contributed by atoms with E-state index in [4.69, 9.17) is 9.47 Å². The summed E-state index contributed by atoms with van der Waals surface area (Å²) in [5.41, 5.74) is 1.40. The number of ether oxygens (including phenoxy) is 2. The topological polar surface area (TPSA) is 89.3 Å². The predicted octanol–water partition coefficient (Wildman–Crippen LogP) is 3.49. The van der Waals surface area contributed by atoms with Crippen LogP contribution in [0.25, 0.3) is 6.08 Å². The smallest absolute Gasteiger partial charge is 0.233 e. The normalized spacial score (nSPS) is 12.2. The number of nitriles is 1. The maximum atomic E-state index is 12.5. The molecule has 0 saturated heterocycles. The molecular formula is C19H20N2O4S. The first-order chi connectivity index (χ1) is 12.5. The third kappa shape index (κ3) is 4.76. The van der Waals surface area contributed by atoms with Crippen LogP contribution in [-0.2, 0) is 19.3 Å². The quantitative estimate of drug-likeness (QED) is 0.520. The first kappa shape index (κ1) is 19.8. The monoisotopic (exact) mass is 372 g/mol. The summed E-state index contributed by atoms with van der Waals surface area (Å²) >= 11 is 0. The van der Waals surface area contributed by atoms with Crippen LogP contribution < -0.4 is 0 Å². The van der Waals surface area contributed by atoms with Crippen LogP contribution in [0.5, 0.6) is 0 Å². The summed E-state index contributed by atoms with van der Waals surface area (Å²) in [4.78, 5) is 3.46. The van der Waals surface area contributed by atoms with Crippen LogP contribution >= 0.6 is 0 Å². The fraction of sp³-hybridized carbons (Fsp3) is 0.263. The van der Waals surface area contributed by atoms with Crippen molar-refractivity contribution in [3.63, 3.8) is 0 Å². The Kier molecular flexibility index (Phi) is 7.04. The van der Waals surface area contributed by atoms with Gasteiger partial charge in [-0.2, -0.15) is 5.26 Å². The van der Waals surface area contributed by atoms with Gasteiger partial charge in [0.25, 0.3) is 0 Å². The van der Waals surface area contributed by atoms with Crippen molar-refractivity contribution in [3.8, 4) is 6.07 Å². The Hall–Kier alpha value is -2.53. The number of hydrogen-bond donors (Lipinski definition) is 0. The van der Waals surface area contributed by atoms with Gasteiger partial charge in [-0.1, -0.05) is 30.3 Å². The average Bonchev–Trinajstić information content (AvgIpc) is 2.67. The summed E-state index contributed by atoms with van der Waals surface area (Å²) in [6.45, 7) is 4.77. The van der Waals surface area contributed by atoms with Crippen LogP contribution in [0.2, 0.25) is 0 Å². The molecule has 1 aromatic carbocycles. The van der Waals surface area contributed by atoms with Crippen molar-refractivity contribution in [2.75, 3.05) is 13.2 Å². The average molecular weight is 372 g/mol. The number of pyridine rings is 1. The SMILES string of the molecule is CCOC(OCC)c1ccc(C=C(C#N)S(=O)(=O)c2ccccn2)cc1. The number of aromatic nitrogens is 1. The second kappa shape index (κ2) is 9.25. The molecule has 0 bridgehead atoms. The van der Waals surface area contributed by atoms with Crippen LogP contribution in [0.1, 0.15) is 31.3 Å². The molecule has 0 amide bonds. The van der Waals surface area contributed by atoms with Crippen molar-refractivity contribution < 1.29 is 17.9 Å². The molecule has 1 aromatic heterocycles. The molecule has 136 valence electrons. The Balaban J connectivity index is 2.31. The van der Waals surface area contributed by atoms with Crippen molar-refractivity contribution in [2.24, 2.45) is 0 Å². The Morgan fingerprint density at radius 3 is 2.31 bits per heavy atom. The van der Waals surface area contributed by atoms with E-state index in [-0.39, 0.29) is 9.93 Å². The van der Waals surface area contributed by atoms with Crippen LogP contribution in [0.3, 0.4) is 0 Å². The molecule has 0 atom stereocenters. The van der Waals surface area contributed by atoms with Gasteiger partial charge >= 0.3 is 0 Å². The summed E-state index contributed by atoms with van der Waals surface area (Å²) in [6, 6.07) is 13.3. The van der Waals surface area contributed by atoms with Gasteiger partial charge in [-0.3, -0.25) is 0 Å². The maximum Gasteiger partial charge on any atom is 0.233 e. The second-order valence-electron chi connectivity index (χ2n) is 5.20. The number of sulfone groups is 1. The van der Waals surface area contributed by atoms with Crippen LogP contribution in [-0.4, -0.2) is 26.6 Å². The molecule has 6 nitrogen and oxygen atoms in total. The summed E-state index contributed by atoms with van der Waals surface area (Å²) in [5.74, 6) is 0. The van der Waals surface area contributed by atoms with Crippen molar-refractivity contribution in [1.29, 1.82) is 5.26 Å². The summed E-state index contributed by atoms with van der Waals surface area (Å²) in [6.07, 6.45) is 2.22. The fourth-order valence-corrected chi connectivity index (χ4v) is 3.33. The zero-order chi connectivity index (χ0) is 19.0. The minimum Gasteiger partial charge on any atom is -0.349 e. The maximum absolute atomic E-state index is 12.5. The van der Waals surface area contributed by atoms with E-state index in [2.05, 4.69) is 4.98 Å². The molecule has 0 aliphatic rings. The Morgan fingerprint density at radius 1 is 1.15 bits per heavy atom. The van der Waals surface area contributed by atoms with E-state index in [9.17, 15) is 13.7 Å². The van der Waals surface area contributed by atoms with E-state index in [0.717, 1.165) is 5.56 Å². The molecule has 0 aliphatic carbocycles. The molecule has 26 heavy (non-hydrogen) atoms. The molecule has 2 rings (SSSR count). The molecule has 2 aromatic rings. The lowest BCUT2D eigenvalue weighted by atomic mass is 10.1. The van der Waals surface area contributed by atoms with Crippen LogP contribution in [0, 0.1) is 11.3 Å². The molecule has 0 unspecified atom stereocenters. The minimum absolute atomic E-state index is 0.155. The zero-order valence-electron chi connectivity index (χ0n) is 14.6. The molecule has 0 N–H and O–H groups in total. The molecule has 0 saturated carbocycles. The van der Waals surface area contributed by atoms with Gasteiger partial charge in [0.2, 0.25) is 9.84 Å². The lowest BCUT2D eigenvalue weighted by Gasteiger charge is -2.17. The largest absolute Gasteiger partial charge is 0.349 e. The number of nitrogens with zero attached hydrogens (tertiary/aromatic N) is 2. The van der Waals surface area contributed by atoms with Gasteiger partial charge in [-0.15, -0.1) is 0 Å². The van der Waals surface area contributed by atoms with Gasteiger partial charge in [0.05, 0.1) is 0 Å². The van der Waals surface area contributed by atoms with Gasteiger partial charge in [0.1, 0.15) is 6.07 Å². The Labute approximate surface area is 153 Å². The highest BCUT2D eigenvalue weighted by molar-refractivity contribution is 7.95. The predicted molar refractivity (Wildman–Crippen MR) is 97.4 cm³/mol. The highest BCUT2D eigenvalue weighted by atomic mass is 32.2. The number of rotatable bonds is 8. The van der Waals surface area contributed by atoms with Crippen molar-refractivity contribution >= 4 is 15.9 Å². The number of benzene rings is 1. The number of allylic oxidation sites excluding steroid dienone is 1. The van der Waals surface area contributed by atoms with Crippen LogP contribution in [0.4, 0.5) is 0 Å². The molecule has 0 radical (unpaired) electrons. The lowest BCUT2D eigenvalue weighted by molar-refractivity contribution is -0.140. The fourth-order valence-electron chi connectivity index (χ4n) is 2.23. The Bertz CT molecular complexity index is 879. The lowest BCUT2D eigenvalue weighted by Crippen LogP contribution is -2.08. The van der Waals surface area contributed by atoms with E-state index in [0.29, 0.717) is 18.8 Å². The molecular weight excluding hydrogens is 352 g/mol. The standard InChI is InChI=1S/C19H20N2O4S/c1-3-24-19(25-4-2)16-10-8-15(9-11-16)13-17(14-20)26(22,23)18-7-5-6-12-21-18/h5-13,19H,3-4H2,1-2H3. The first-order valence-electron chi connectivity index (χ1n) is 8.14. The Morgan fingerprint density at radius 2 is 1.81 bits per heavy atom. The van der Waals surface area contributed by atoms with Crippen molar-refractivity contribution in [3.05, 3.63) is 64.7 Å². The van der Waals surface area contributed by atoms with Gasteiger partial charge in [-0.25, -0.2) is 13.4 Å². The summed E-state index contributed by atoms with van der Waals surface area (Å²) in [7, 11) is -3.95. The highest BCUT2D eigenvalue weighted by Crippen LogP contribution is 2.22. The molecule has 0 fully saturated rings. The van der Waals surface area contributed by atoms with Gasteiger partial charge in [0, 0.05) is 25.0 Å². The second-order valence-corrected chi connectivity index (χ2v) is 7.07.